The Labute approximate surface area is 538 Å². The van der Waals surface area contributed by atoms with Crippen LogP contribution in [0.5, 0.6) is 0 Å². The van der Waals surface area contributed by atoms with Gasteiger partial charge in [-0.2, -0.15) is 38.7 Å². The number of benzene rings is 1. The Morgan fingerprint density at radius 1 is 0.322 bits per heavy atom. The number of aryl methyl sites for hydroxylation is 2. The fraction of sp³-hybridized carbons (Fsp3) is 0.676. The zero-order valence-corrected chi connectivity index (χ0v) is 57.2. The Bertz CT molecular complexity index is 2820. The standard InChI is InChI=1S/C74H112N10S3/c1-5-9-13-17-21-25-29-33-43-59(44-34-30-26-22-18-14-10-6-2)47-37-39-53-83-77-67-63(57-75-71(73(67)79-83)65-49-41-55-85-65)61-51-52-62(70-69(61)81-87-82-70)64-58-76-72(66-50-42-56-86-66)74-68(64)78-84(80-74)54-40-38-48-60(45-35-31-27-23-19-15-11-7-3)46-36-32-28-24-20-16-12-8-4/h41-42,49-52,55-60H,5-40,43-48,53-54H2,1-4H3. The maximum Gasteiger partial charge on any atom is 0.140 e. The molecule has 0 radical (unpaired) electrons. The first-order chi connectivity index (χ1) is 43.1. The van der Waals surface area contributed by atoms with Gasteiger partial charge in [0, 0.05) is 34.6 Å². The second kappa shape index (κ2) is 40.3. The second-order valence-corrected chi connectivity index (χ2v) is 28.3. The topological polar surface area (TPSA) is 113 Å². The van der Waals surface area contributed by atoms with E-state index in [-0.39, 0.29) is 0 Å². The second-order valence-electron chi connectivity index (χ2n) is 25.9. The largest absolute Gasteiger partial charge is 0.252 e. The fourth-order valence-electron chi connectivity index (χ4n) is 13.5. The van der Waals surface area contributed by atoms with Gasteiger partial charge in [-0.3, -0.25) is 9.97 Å². The number of hydrogen-bond acceptors (Lipinski definition) is 11. The minimum atomic E-state index is 0.789. The van der Waals surface area contributed by atoms with Gasteiger partial charge in [-0.1, -0.05) is 309 Å². The number of hydrogen-bond donors (Lipinski definition) is 0. The quantitative estimate of drug-likeness (QED) is 0.0347. The van der Waals surface area contributed by atoms with E-state index in [0.29, 0.717) is 0 Å². The lowest BCUT2D eigenvalue weighted by Crippen LogP contribution is -2.05. The van der Waals surface area contributed by atoms with Gasteiger partial charge in [0.2, 0.25) is 0 Å². The van der Waals surface area contributed by atoms with Crippen molar-refractivity contribution in [3.05, 3.63) is 59.6 Å². The Kier molecular flexibility index (Phi) is 31.7. The van der Waals surface area contributed by atoms with Crippen molar-refractivity contribution in [2.45, 2.75) is 310 Å². The molecule has 0 bridgehead atoms. The molecule has 0 unspecified atom stereocenters. The van der Waals surface area contributed by atoms with Crippen LogP contribution in [0.1, 0.15) is 297 Å². The molecule has 0 fully saturated rings. The SMILES string of the molecule is CCCCCCCCCCC(CCCCCCCCCC)CCCCn1nc2c(-c3ccc(-c4cnc(-c5cccs5)c5nn(CCCCC(CCCCCCCCCC)CCCCCCCCCC)nc45)c4nsnc34)cnc(-c3cccs3)c2n1. The lowest BCUT2D eigenvalue weighted by atomic mass is 9.90. The molecule has 0 aliphatic carbocycles. The summed E-state index contributed by atoms with van der Waals surface area (Å²) in [4.78, 5) is 16.4. The zero-order valence-electron chi connectivity index (χ0n) is 54.7. The normalized spacial score (nSPS) is 12.1. The Morgan fingerprint density at radius 2 is 0.621 bits per heavy atom. The highest BCUT2D eigenvalue weighted by molar-refractivity contribution is 7.13. The van der Waals surface area contributed by atoms with E-state index in [0.717, 1.165) is 114 Å². The van der Waals surface area contributed by atoms with Crippen LogP contribution in [0.4, 0.5) is 0 Å². The van der Waals surface area contributed by atoms with Crippen LogP contribution in [0.15, 0.2) is 59.6 Å². The highest BCUT2D eigenvalue weighted by Gasteiger charge is 2.24. The molecule has 8 rings (SSSR count). The maximum atomic E-state index is 5.31. The van der Waals surface area contributed by atoms with Gasteiger partial charge in [-0.05, 0) is 47.6 Å². The van der Waals surface area contributed by atoms with Crippen molar-refractivity contribution in [2.24, 2.45) is 11.8 Å². The fourth-order valence-corrected chi connectivity index (χ4v) is 15.5. The first-order valence-electron chi connectivity index (χ1n) is 35.9. The average Bonchev–Trinajstić information content (AvgIpc) is 1.93. The number of pyridine rings is 2. The number of fused-ring (bicyclic) bond motifs is 3. The van der Waals surface area contributed by atoms with E-state index >= 15 is 0 Å². The van der Waals surface area contributed by atoms with Crippen molar-refractivity contribution < 1.29 is 0 Å². The van der Waals surface area contributed by atoms with Crippen molar-refractivity contribution in [3.8, 4) is 43.4 Å². The molecule has 0 N–H and O–H groups in total. The average molecular weight is 1240 g/mol. The summed E-state index contributed by atoms with van der Waals surface area (Å²) in [7, 11) is 0. The van der Waals surface area contributed by atoms with Crippen molar-refractivity contribution in [2.75, 3.05) is 0 Å². The summed E-state index contributed by atoms with van der Waals surface area (Å²) in [6.07, 6.45) is 61.1. The molecule has 0 aliphatic rings. The maximum absolute atomic E-state index is 5.31. The monoisotopic (exact) mass is 1240 g/mol. The van der Waals surface area contributed by atoms with Gasteiger partial charge in [0.25, 0.3) is 0 Å². The minimum absolute atomic E-state index is 0.789. The van der Waals surface area contributed by atoms with Crippen molar-refractivity contribution in [1.29, 1.82) is 0 Å². The first kappa shape index (κ1) is 68.4. The smallest absolute Gasteiger partial charge is 0.140 e. The Morgan fingerprint density at radius 3 is 0.931 bits per heavy atom. The highest BCUT2D eigenvalue weighted by atomic mass is 32.1. The van der Waals surface area contributed by atoms with Gasteiger partial charge in [0.05, 0.1) is 34.6 Å². The Balaban J connectivity index is 0.954. The lowest BCUT2D eigenvalue weighted by molar-refractivity contribution is 0.359. The van der Waals surface area contributed by atoms with Crippen LogP contribution in [-0.2, 0) is 13.1 Å². The van der Waals surface area contributed by atoms with E-state index in [1.54, 1.807) is 22.7 Å². The van der Waals surface area contributed by atoms with E-state index < -0.39 is 0 Å². The number of thiophene rings is 2. The first-order valence-corrected chi connectivity index (χ1v) is 38.4. The van der Waals surface area contributed by atoms with Gasteiger partial charge < -0.3 is 0 Å². The molecule has 0 atom stereocenters. The van der Waals surface area contributed by atoms with Crippen molar-refractivity contribution in [3.63, 3.8) is 0 Å². The molecule has 0 amide bonds. The van der Waals surface area contributed by atoms with Crippen molar-refractivity contribution >= 4 is 67.5 Å². The molecule has 10 nitrogen and oxygen atoms in total. The number of nitrogens with zero attached hydrogens (tertiary/aromatic N) is 10. The Hall–Kier alpha value is -4.46. The van der Waals surface area contributed by atoms with Crippen LogP contribution in [-0.4, -0.2) is 48.7 Å². The van der Waals surface area contributed by atoms with E-state index in [9.17, 15) is 0 Å². The van der Waals surface area contributed by atoms with Crippen LogP contribution in [0.2, 0.25) is 0 Å². The third-order valence-corrected chi connectivity index (χ3v) is 21.0. The van der Waals surface area contributed by atoms with E-state index in [4.69, 9.17) is 39.1 Å². The summed E-state index contributed by atoms with van der Waals surface area (Å²) in [5.74, 6) is 1.64. The molecule has 8 aromatic rings. The van der Waals surface area contributed by atoms with Crippen LogP contribution in [0.25, 0.3) is 76.5 Å². The predicted octanol–water partition coefficient (Wildman–Crippen LogP) is 24.5. The summed E-state index contributed by atoms with van der Waals surface area (Å²) in [5.41, 5.74) is 10.6. The molecule has 0 saturated heterocycles. The van der Waals surface area contributed by atoms with E-state index in [1.165, 1.54) is 269 Å². The molecule has 1 aromatic carbocycles. The molecular weight excluding hydrogens is 1130 g/mol. The molecular formula is C74H112N10S3. The zero-order chi connectivity index (χ0) is 60.4. The lowest BCUT2D eigenvalue weighted by Gasteiger charge is -2.17. The molecule has 0 saturated carbocycles. The van der Waals surface area contributed by atoms with E-state index in [1.807, 2.05) is 22.0 Å². The van der Waals surface area contributed by atoms with Gasteiger partial charge in [-0.15, -0.1) is 22.7 Å². The van der Waals surface area contributed by atoms with Gasteiger partial charge in [0.1, 0.15) is 44.5 Å². The third kappa shape index (κ3) is 22.2. The van der Waals surface area contributed by atoms with Gasteiger partial charge in [-0.25, -0.2) is 0 Å². The molecule has 7 heterocycles. The van der Waals surface area contributed by atoms with E-state index in [2.05, 4.69) is 74.9 Å². The molecule has 0 aliphatic heterocycles. The molecule has 0 spiro atoms. The summed E-state index contributed by atoms with van der Waals surface area (Å²) < 4.78 is 10.0. The third-order valence-electron chi connectivity index (χ3n) is 18.7. The summed E-state index contributed by atoms with van der Waals surface area (Å²) >= 11 is 4.64. The van der Waals surface area contributed by atoms with Gasteiger partial charge in [0.15, 0.2) is 0 Å². The molecule has 7 aromatic heterocycles. The van der Waals surface area contributed by atoms with Gasteiger partial charge >= 0.3 is 0 Å². The van der Waals surface area contributed by atoms with Crippen molar-refractivity contribution in [1.82, 2.24) is 48.7 Å². The number of unbranched alkanes of at least 4 members (excludes halogenated alkanes) is 30. The number of rotatable bonds is 50. The van der Waals surface area contributed by atoms with Crippen LogP contribution in [0, 0.1) is 11.8 Å². The molecule has 87 heavy (non-hydrogen) atoms. The summed E-state index contributed by atoms with van der Waals surface area (Å²) in [6.45, 7) is 10.8. The molecule has 13 heteroatoms. The highest BCUT2D eigenvalue weighted by Crippen LogP contribution is 2.42. The van der Waals surface area contributed by atoms with Crippen LogP contribution in [0.3, 0.4) is 0 Å². The molecule has 476 valence electrons. The van der Waals surface area contributed by atoms with Crippen LogP contribution >= 0.6 is 34.4 Å². The summed E-state index contributed by atoms with van der Waals surface area (Å²) in [5, 5.41) is 25.4. The summed E-state index contributed by atoms with van der Waals surface area (Å²) in [6, 6.07) is 12.8. The predicted molar refractivity (Wildman–Crippen MR) is 376 cm³/mol. The number of aromatic nitrogens is 10. The van der Waals surface area contributed by atoms with Crippen LogP contribution < -0.4 is 0 Å². The minimum Gasteiger partial charge on any atom is -0.252 e.